The Morgan fingerprint density at radius 2 is 2.00 bits per heavy atom. The zero-order chi connectivity index (χ0) is 17.9. The smallest absolute Gasteiger partial charge is 0.169 e. The van der Waals surface area contributed by atoms with Crippen LogP contribution in [0, 0.1) is 11.3 Å². The fraction of sp³-hybridized carbons (Fsp3) is 0.0556. The minimum atomic E-state index is -1.03. The molecule has 26 heavy (non-hydrogen) atoms. The van der Waals surface area contributed by atoms with Crippen molar-refractivity contribution in [3.63, 3.8) is 0 Å². The van der Waals surface area contributed by atoms with E-state index in [-0.39, 0.29) is 0 Å². The topological polar surface area (TPSA) is 112 Å². The summed E-state index contributed by atoms with van der Waals surface area (Å²) in [5.74, 6) is 0.502. The summed E-state index contributed by atoms with van der Waals surface area (Å²) in [4.78, 5) is 12.1. The fourth-order valence-corrected chi connectivity index (χ4v) is 2.60. The van der Waals surface area contributed by atoms with E-state index in [9.17, 15) is 10.4 Å². The summed E-state index contributed by atoms with van der Waals surface area (Å²) in [6.45, 7) is 0. The Balaban J connectivity index is 1.73. The second kappa shape index (κ2) is 6.58. The number of rotatable bonds is 4. The molecule has 3 heterocycles. The first-order chi connectivity index (χ1) is 12.8. The van der Waals surface area contributed by atoms with Gasteiger partial charge in [0.2, 0.25) is 0 Å². The fourth-order valence-electron chi connectivity index (χ4n) is 2.60. The zero-order valence-electron chi connectivity index (χ0n) is 13.5. The molecular formula is C18H13N7O. The van der Waals surface area contributed by atoms with Crippen molar-refractivity contribution >= 4 is 11.5 Å². The van der Waals surface area contributed by atoms with Crippen LogP contribution in [0.3, 0.4) is 0 Å². The number of nitrogens with one attached hydrogen (secondary N) is 1. The molecule has 3 aromatic heterocycles. The third kappa shape index (κ3) is 2.83. The van der Waals surface area contributed by atoms with Gasteiger partial charge in [0.1, 0.15) is 6.33 Å². The predicted molar refractivity (Wildman–Crippen MR) is 93.8 cm³/mol. The molecule has 8 nitrogen and oxygen atoms in total. The van der Waals surface area contributed by atoms with Crippen molar-refractivity contribution in [2.45, 2.75) is 6.23 Å². The Bertz CT molecular complexity index is 1100. The van der Waals surface area contributed by atoms with E-state index in [1.54, 1.807) is 35.1 Å². The third-order valence-electron chi connectivity index (χ3n) is 3.86. The number of benzene rings is 1. The van der Waals surface area contributed by atoms with Gasteiger partial charge in [0.05, 0.1) is 29.2 Å². The molecule has 0 aliphatic rings. The van der Waals surface area contributed by atoms with Gasteiger partial charge in [0, 0.05) is 11.8 Å². The molecule has 0 bridgehead atoms. The van der Waals surface area contributed by atoms with Crippen LogP contribution in [-0.4, -0.2) is 29.7 Å². The lowest BCUT2D eigenvalue weighted by Crippen LogP contribution is -2.13. The van der Waals surface area contributed by atoms with E-state index in [4.69, 9.17) is 0 Å². The second-order valence-corrected chi connectivity index (χ2v) is 5.47. The normalized spacial score (nSPS) is 11.8. The van der Waals surface area contributed by atoms with Crippen molar-refractivity contribution < 1.29 is 5.11 Å². The molecule has 4 rings (SSSR count). The van der Waals surface area contributed by atoms with Crippen LogP contribution in [0.5, 0.6) is 0 Å². The molecule has 0 aliphatic heterocycles. The van der Waals surface area contributed by atoms with Crippen molar-refractivity contribution in [2.24, 2.45) is 0 Å². The molecule has 1 unspecified atom stereocenters. The van der Waals surface area contributed by atoms with Crippen molar-refractivity contribution in [1.29, 1.82) is 5.26 Å². The molecular weight excluding hydrogens is 330 g/mol. The van der Waals surface area contributed by atoms with Gasteiger partial charge >= 0.3 is 0 Å². The number of fused-ring (bicyclic) bond motifs is 1. The van der Waals surface area contributed by atoms with E-state index in [2.05, 4.69) is 31.4 Å². The highest BCUT2D eigenvalue weighted by Gasteiger charge is 2.13. The van der Waals surface area contributed by atoms with Crippen molar-refractivity contribution in [3.05, 3.63) is 72.4 Å². The number of hydrogen-bond acceptors (Lipinski definition) is 7. The summed E-state index contributed by atoms with van der Waals surface area (Å²) in [5.41, 5.74) is 2.94. The van der Waals surface area contributed by atoms with Crippen LogP contribution in [0.2, 0.25) is 0 Å². The quantitative estimate of drug-likeness (QED) is 0.546. The van der Waals surface area contributed by atoms with Crippen LogP contribution in [0.25, 0.3) is 16.9 Å². The standard InChI is InChI=1S/C18H13N7O/c19-9-12-3-1-2-4-13(12)14-5-6-16-21-10-17(25(16)24-14)23-18(26)15-7-8-20-11-22-15/h1-8,10-11,18,23,26H. The molecule has 126 valence electrons. The number of imidazole rings is 1. The molecule has 0 amide bonds. The van der Waals surface area contributed by atoms with Gasteiger partial charge in [0.25, 0.3) is 0 Å². The van der Waals surface area contributed by atoms with Crippen LogP contribution in [0.15, 0.2) is 61.2 Å². The van der Waals surface area contributed by atoms with Gasteiger partial charge in [-0.25, -0.2) is 15.0 Å². The molecule has 0 saturated carbocycles. The highest BCUT2D eigenvalue weighted by molar-refractivity contribution is 5.68. The maximum absolute atomic E-state index is 10.3. The third-order valence-corrected chi connectivity index (χ3v) is 3.86. The van der Waals surface area contributed by atoms with Crippen LogP contribution >= 0.6 is 0 Å². The van der Waals surface area contributed by atoms with E-state index in [1.165, 1.54) is 6.33 Å². The molecule has 8 heteroatoms. The number of anilines is 1. The van der Waals surface area contributed by atoms with Gasteiger partial charge < -0.3 is 10.4 Å². The lowest BCUT2D eigenvalue weighted by Gasteiger charge is -2.12. The Labute approximate surface area is 148 Å². The first-order valence-electron chi connectivity index (χ1n) is 7.81. The van der Waals surface area contributed by atoms with Crippen LogP contribution in [-0.2, 0) is 0 Å². The highest BCUT2D eigenvalue weighted by atomic mass is 16.3. The number of aromatic nitrogens is 5. The van der Waals surface area contributed by atoms with Gasteiger partial charge in [-0.1, -0.05) is 18.2 Å². The van der Waals surface area contributed by atoms with Gasteiger partial charge in [-0.05, 0) is 24.3 Å². The molecule has 0 saturated heterocycles. The number of nitrogens with zero attached hydrogens (tertiary/aromatic N) is 6. The van der Waals surface area contributed by atoms with E-state index >= 15 is 0 Å². The Hall–Kier alpha value is -3.83. The van der Waals surface area contributed by atoms with E-state index < -0.39 is 6.23 Å². The van der Waals surface area contributed by atoms with Crippen molar-refractivity contribution in [3.8, 4) is 17.3 Å². The van der Waals surface area contributed by atoms with E-state index in [1.807, 2.05) is 24.3 Å². The molecule has 1 atom stereocenters. The maximum atomic E-state index is 10.3. The summed E-state index contributed by atoms with van der Waals surface area (Å²) >= 11 is 0. The largest absolute Gasteiger partial charge is 0.368 e. The highest BCUT2D eigenvalue weighted by Crippen LogP contribution is 2.23. The molecule has 0 aliphatic carbocycles. The summed E-state index contributed by atoms with van der Waals surface area (Å²) in [6.07, 6.45) is 3.46. The van der Waals surface area contributed by atoms with E-state index in [0.29, 0.717) is 28.4 Å². The second-order valence-electron chi connectivity index (χ2n) is 5.47. The average molecular weight is 343 g/mol. The molecule has 4 aromatic rings. The van der Waals surface area contributed by atoms with Crippen molar-refractivity contribution in [2.75, 3.05) is 5.32 Å². The van der Waals surface area contributed by atoms with Gasteiger partial charge in [0.15, 0.2) is 17.7 Å². The maximum Gasteiger partial charge on any atom is 0.169 e. The number of aliphatic hydroxyl groups is 1. The van der Waals surface area contributed by atoms with Gasteiger partial charge in [-0.15, -0.1) is 0 Å². The minimum Gasteiger partial charge on any atom is -0.368 e. The molecule has 2 N–H and O–H groups in total. The Morgan fingerprint density at radius 3 is 2.81 bits per heavy atom. The zero-order valence-corrected chi connectivity index (χ0v) is 13.5. The molecule has 0 spiro atoms. The van der Waals surface area contributed by atoms with Crippen molar-refractivity contribution in [1.82, 2.24) is 24.6 Å². The number of aliphatic hydroxyl groups excluding tert-OH is 1. The predicted octanol–water partition coefficient (Wildman–Crippen LogP) is 2.16. The first-order valence-corrected chi connectivity index (χ1v) is 7.81. The Kier molecular flexibility index (Phi) is 3.97. The summed E-state index contributed by atoms with van der Waals surface area (Å²) in [5, 5.41) is 27.1. The van der Waals surface area contributed by atoms with E-state index in [0.717, 1.165) is 5.56 Å². The lowest BCUT2D eigenvalue weighted by atomic mass is 10.1. The minimum absolute atomic E-state index is 0.431. The average Bonchev–Trinajstić information content (AvgIpc) is 3.10. The molecule has 1 aromatic carbocycles. The Morgan fingerprint density at radius 1 is 1.12 bits per heavy atom. The van der Waals surface area contributed by atoms with Crippen LogP contribution in [0.1, 0.15) is 17.5 Å². The van der Waals surface area contributed by atoms with Crippen LogP contribution in [0.4, 0.5) is 5.82 Å². The van der Waals surface area contributed by atoms with Gasteiger partial charge in [-0.3, -0.25) is 0 Å². The molecule has 0 radical (unpaired) electrons. The molecule has 0 fully saturated rings. The monoisotopic (exact) mass is 343 g/mol. The first kappa shape index (κ1) is 15.7. The van der Waals surface area contributed by atoms with Gasteiger partial charge in [-0.2, -0.15) is 14.9 Å². The summed E-state index contributed by atoms with van der Waals surface area (Å²) in [6, 6.07) is 14.6. The number of hydrogen-bond donors (Lipinski definition) is 2. The summed E-state index contributed by atoms with van der Waals surface area (Å²) in [7, 11) is 0. The lowest BCUT2D eigenvalue weighted by molar-refractivity contribution is 0.202. The SMILES string of the molecule is N#Cc1ccccc1-c1ccc2ncc(NC(O)c3ccncn3)n2n1. The van der Waals surface area contributed by atoms with Crippen LogP contribution < -0.4 is 5.32 Å². The summed E-state index contributed by atoms with van der Waals surface area (Å²) < 4.78 is 1.58. The number of nitriles is 1.